The molecule has 5 saturated carbocycles. The Morgan fingerprint density at radius 1 is 0.973 bits per heavy atom. The van der Waals surface area contributed by atoms with Gasteiger partial charge >= 0.3 is 10.4 Å². The lowest BCUT2D eigenvalue weighted by Crippen LogP contribution is -2.59. The van der Waals surface area contributed by atoms with Gasteiger partial charge < -0.3 is 5.11 Å². The van der Waals surface area contributed by atoms with E-state index in [1.54, 1.807) is 6.08 Å². The number of carbonyl (C=O) groups is 1. The minimum Gasteiger partial charge on any atom is -0.392 e. The Bertz CT molecular complexity index is 1100. The van der Waals surface area contributed by atoms with Crippen LogP contribution in [0.1, 0.15) is 106 Å². The number of fused-ring (bicyclic) bond motifs is 2. The molecule has 7 heteroatoms. The topological polar surface area (TPSA) is 101 Å². The van der Waals surface area contributed by atoms with E-state index in [4.69, 9.17) is 4.18 Å². The number of ketones is 1. The van der Waals surface area contributed by atoms with E-state index in [-0.39, 0.29) is 40.0 Å². The molecule has 0 aromatic rings. The summed E-state index contributed by atoms with van der Waals surface area (Å²) in [6, 6.07) is 0. The van der Waals surface area contributed by atoms with Gasteiger partial charge in [-0.05, 0) is 123 Å². The zero-order valence-electron chi connectivity index (χ0n) is 23.7. The first-order valence-corrected chi connectivity index (χ1v) is 15.9. The first-order chi connectivity index (χ1) is 17.0. The van der Waals surface area contributed by atoms with Crippen molar-refractivity contribution in [1.29, 1.82) is 0 Å². The van der Waals surface area contributed by atoms with E-state index >= 15 is 0 Å². The molecule has 5 fully saturated rings. The van der Waals surface area contributed by atoms with Crippen molar-refractivity contribution in [1.82, 2.24) is 0 Å². The van der Waals surface area contributed by atoms with E-state index in [0.717, 1.165) is 24.8 Å². The van der Waals surface area contributed by atoms with Gasteiger partial charge in [-0.1, -0.05) is 33.3 Å². The number of hydrogen-bond donors (Lipinski definition) is 2. The van der Waals surface area contributed by atoms with Gasteiger partial charge in [-0.25, -0.2) is 4.18 Å². The molecule has 6 nitrogen and oxygen atoms in total. The van der Waals surface area contributed by atoms with Crippen LogP contribution in [0.3, 0.4) is 0 Å². The molecule has 0 saturated heterocycles. The summed E-state index contributed by atoms with van der Waals surface area (Å²) in [6.45, 7) is 13.2. The molecule has 0 aliphatic heterocycles. The van der Waals surface area contributed by atoms with Crippen molar-refractivity contribution in [3.63, 3.8) is 0 Å². The summed E-state index contributed by atoms with van der Waals surface area (Å²) in [5.74, 6) is 2.01. The number of aliphatic hydroxyl groups excluding tert-OH is 1. The van der Waals surface area contributed by atoms with Crippen LogP contribution in [-0.4, -0.2) is 36.6 Å². The molecule has 0 unspecified atom stereocenters. The van der Waals surface area contributed by atoms with Crippen molar-refractivity contribution < 1.29 is 27.1 Å². The molecular weight excluding hydrogens is 488 g/mol. The van der Waals surface area contributed by atoms with Gasteiger partial charge in [0.25, 0.3) is 0 Å². The Morgan fingerprint density at radius 3 is 2.27 bits per heavy atom. The molecule has 0 heterocycles. The lowest BCUT2D eigenvalue weighted by atomic mass is 9.41. The third kappa shape index (κ3) is 3.88. The highest BCUT2D eigenvalue weighted by Crippen LogP contribution is 2.89. The molecule has 0 aromatic heterocycles. The van der Waals surface area contributed by atoms with Gasteiger partial charge in [0.2, 0.25) is 0 Å². The average Bonchev–Trinajstić information content (AvgIpc) is 3.36. The largest absolute Gasteiger partial charge is 0.397 e. The summed E-state index contributed by atoms with van der Waals surface area (Å²) < 4.78 is 37.1. The average molecular weight is 537 g/mol. The van der Waals surface area contributed by atoms with Crippen molar-refractivity contribution in [2.24, 2.45) is 50.7 Å². The summed E-state index contributed by atoms with van der Waals surface area (Å²) in [6.07, 6.45) is 11.5. The molecule has 0 bridgehead atoms. The van der Waals surface area contributed by atoms with Crippen LogP contribution in [0.25, 0.3) is 0 Å². The second kappa shape index (κ2) is 8.62. The summed E-state index contributed by atoms with van der Waals surface area (Å²) in [5.41, 5.74) is 1.24. The Kier molecular flexibility index (Phi) is 6.47. The summed E-state index contributed by atoms with van der Waals surface area (Å²) >= 11 is 0. The molecular formula is C30H48O6S. The molecule has 0 aromatic carbocycles. The zero-order chi connectivity index (χ0) is 27.2. The van der Waals surface area contributed by atoms with Gasteiger partial charge in [0.05, 0.1) is 12.7 Å². The molecule has 210 valence electrons. The fourth-order valence-electron chi connectivity index (χ4n) is 11.4. The van der Waals surface area contributed by atoms with Crippen molar-refractivity contribution in [2.75, 3.05) is 6.61 Å². The highest BCUT2D eigenvalue weighted by atomic mass is 32.3. The monoisotopic (exact) mass is 536 g/mol. The molecule has 2 spiro atoms. The minimum absolute atomic E-state index is 0.139. The number of aliphatic hydroxyl groups is 1. The maximum Gasteiger partial charge on any atom is 0.397 e. The predicted octanol–water partition coefficient (Wildman–Crippen LogP) is 6.15. The van der Waals surface area contributed by atoms with E-state index in [2.05, 4.69) is 20.8 Å². The summed E-state index contributed by atoms with van der Waals surface area (Å²) in [4.78, 5) is 12.6. The molecule has 0 amide bonds. The maximum absolute atomic E-state index is 12.6. The van der Waals surface area contributed by atoms with E-state index in [1.165, 1.54) is 32.1 Å². The standard InChI is InChI=1S/C30H48O6S/c1-19(2)15-21(31)16-20(3)22-9-11-28(6)24-8-7-23-26(4,18-36-37(33,34)35)25(32)10-12-29(23)17-30(24,29)14-13-27(22,28)5/h15,20,22-25,32H,7-14,16-18H2,1-6H3,(H,33,34,35)/t20-,22-,23+,24+,25+,26+,27-,28+,29-,30+/m1/s1. The second-order valence-electron chi connectivity index (χ2n) is 14.8. The Morgan fingerprint density at radius 2 is 1.62 bits per heavy atom. The quantitative estimate of drug-likeness (QED) is 0.299. The maximum atomic E-state index is 12.6. The SMILES string of the molecule is CC(C)=CC(=O)C[C@@H](C)[C@H]1CC[C@@]2(C)[C@@H]3CC[C@H]4[C@](C)(COS(=O)(=O)O)[C@@H](O)CC[C@@]45C[C@@]35CC[C@]12C. The van der Waals surface area contributed by atoms with E-state index in [1.807, 2.05) is 20.8 Å². The van der Waals surface area contributed by atoms with E-state index in [9.17, 15) is 22.9 Å². The molecule has 0 radical (unpaired) electrons. The molecule has 5 aliphatic carbocycles. The second-order valence-corrected chi connectivity index (χ2v) is 15.9. The number of rotatable bonds is 7. The number of allylic oxidation sites excluding steroid dienone is 2. The minimum atomic E-state index is -4.55. The summed E-state index contributed by atoms with van der Waals surface area (Å²) in [7, 11) is -4.55. The molecule has 10 atom stereocenters. The first-order valence-electron chi connectivity index (χ1n) is 14.5. The lowest BCUT2D eigenvalue weighted by molar-refractivity contribution is -0.172. The van der Waals surface area contributed by atoms with Crippen LogP contribution in [0.4, 0.5) is 0 Å². The van der Waals surface area contributed by atoms with Crippen LogP contribution in [0.2, 0.25) is 0 Å². The fourth-order valence-corrected chi connectivity index (χ4v) is 11.8. The van der Waals surface area contributed by atoms with Gasteiger partial charge in [-0.3, -0.25) is 9.35 Å². The third-order valence-corrected chi connectivity index (χ3v) is 13.5. The smallest absolute Gasteiger partial charge is 0.392 e. The van der Waals surface area contributed by atoms with Crippen LogP contribution in [-0.2, 0) is 19.4 Å². The highest BCUT2D eigenvalue weighted by molar-refractivity contribution is 7.80. The van der Waals surface area contributed by atoms with Crippen LogP contribution in [0.5, 0.6) is 0 Å². The summed E-state index contributed by atoms with van der Waals surface area (Å²) in [5, 5.41) is 11.1. The van der Waals surface area contributed by atoms with Gasteiger partial charge in [0.1, 0.15) is 0 Å². The van der Waals surface area contributed by atoms with Crippen LogP contribution < -0.4 is 0 Å². The molecule has 5 rings (SSSR count). The molecule has 37 heavy (non-hydrogen) atoms. The van der Waals surface area contributed by atoms with Crippen LogP contribution in [0.15, 0.2) is 11.6 Å². The van der Waals surface area contributed by atoms with E-state index in [0.29, 0.717) is 30.6 Å². The molecule has 2 N–H and O–H groups in total. The Hall–Kier alpha value is -0.760. The van der Waals surface area contributed by atoms with Crippen molar-refractivity contribution in [3.8, 4) is 0 Å². The zero-order valence-corrected chi connectivity index (χ0v) is 24.5. The van der Waals surface area contributed by atoms with Gasteiger partial charge in [-0.2, -0.15) is 8.42 Å². The van der Waals surface area contributed by atoms with Crippen LogP contribution >= 0.6 is 0 Å². The number of hydrogen-bond acceptors (Lipinski definition) is 5. The number of carbonyl (C=O) groups excluding carboxylic acids is 1. The van der Waals surface area contributed by atoms with Gasteiger partial charge in [-0.15, -0.1) is 0 Å². The predicted molar refractivity (Wildman–Crippen MR) is 143 cm³/mol. The van der Waals surface area contributed by atoms with E-state index < -0.39 is 21.9 Å². The lowest BCUT2D eigenvalue weighted by Gasteiger charge is -2.63. The van der Waals surface area contributed by atoms with Crippen molar-refractivity contribution >= 4 is 16.2 Å². The van der Waals surface area contributed by atoms with Crippen molar-refractivity contribution in [2.45, 2.75) is 112 Å². The third-order valence-electron chi connectivity index (χ3n) is 13.1. The van der Waals surface area contributed by atoms with Gasteiger partial charge in [0.15, 0.2) is 5.78 Å². The van der Waals surface area contributed by atoms with Crippen molar-refractivity contribution in [3.05, 3.63) is 11.6 Å². The normalized spacial score (nSPS) is 49.2. The first kappa shape index (κ1) is 27.8. The van der Waals surface area contributed by atoms with Crippen LogP contribution in [0, 0.1) is 50.7 Å². The Labute approximate surface area is 224 Å². The fraction of sp³-hybridized carbons (Fsp3) is 0.900. The molecule has 5 aliphatic rings. The van der Waals surface area contributed by atoms with Gasteiger partial charge in [0, 0.05) is 11.8 Å². The Balaban J connectivity index is 1.41. The highest BCUT2D eigenvalue weighted by Gasteiger charge is 2.82.